The first-order chi connectivity index (χ1) is 5.70. The van der Waals surface area contributed by atoms with E-state index in [1.807, 2.05) is 0 Å². The second-order valence-corrected chi connectivity index (χ2v) is 2.36. The van der Waals surface area contributed by atoms with Crippen molar-refractivity contribution in [1.29, 1.82) is 0 Å². The lowest BCUT2D eigenvalue weighted by Gasteiger charge is -2.24. The minimum absolute atomic E-state index is 0.527. The van der Waals surface area contributed by atoms with Gasteiger partial charge in [-0.3, -0.25) is 0 Å². The molecule has 1 heterocycles. The summed E-state index contributed by atoms with van der Waals surface area (Å²) in [6, 6.07) is 0. The molecule has 0 saturated carbocycles. The van der Waals surface area contributed by atoms with Crippen LogP contribution in [0, 0.1) is 0 Å². The normalized spacial score (nSPS) is 18.7. The Bertz CT molecular complexity index is 188. The number of rotatable bonds is 1. The number of nitrogens with zero attached hydrogens (tertiary/aromatic N) is 1. The van der Waals surface area contributed by atoms with Crippen molar-refractivity contribution in [1.82, 2.24) is 10.4 Å². The van der Waals surface area contributed by atoms with Crippen molar-refractivity contribution in [2.75, 3.05) is 26.2 Å². The first kappa shape index (κ1) is 8.95. The molecule has 1 rings (SSSR count). The average molecular weight is 174 g/mol. The molecule has 1 aliphatic heterocycles. The van der Waals surface area contributed by atoms with Gasteiger partial charge < -0.3 is 15.3 Å². The third kappa shape index (κ3) is 2.48. The summed E-state index contributed by atoms with van der Waals surface area (Å²) in [7, 11) is 0. The second kappa shape index (κ2) is 4.03. The fraction of sp³-hybridized carbons (Fsp3) is 0.667. The van der Waals surface area contributed by atoms with Crippen molar-refractivity contribution in [2.45, 2.75) is 0 Å². The Hall–Kier alpha value is -1.14. The highest BCUT2D eigenvalue weighted by atomic mass is 16.7. The van der Waals surface area contributed by atoms with Gasteiger partial charge in [0.1, 0.15) is 0 Å². The largest absolute Gasteiger partial charge is 0.473 e. The minimum Gasteiger partial charge on any atom is -0.473 e. The summed E-state index contributed by atoms with van der Waals surface area (Å²) in [6.45, 7) is 2.46. The molecule has 0 aromatic rings. The molecule has 1 saturated heterocycles. The van der Waals surface area contributed by atoms with Crippen LogP contribution in [0.4, 0.5) is 0 Å². The number of piperazine rings is 1. The van der Waals surface area contributed by atoms with Crippen LogP contribution in [0.25, 0.3) is 0 Å². The van der Waals surface area contributed by atoms with E-state index in [1.54, 1.807) is 0 Å². The quantitative estimate of drug-likeness (QED) is 0.468. The number of carboxylic acids is 1. The Kier molecular flexibility index (Phi) is 3.01. The van der Waals surface area contributed by atoms with Gasteiger partial charge in [0.15, 0.2) is 0 Å². The van der Waals surface area contributed by atoms with E-state index < -0.39 is 11.9 Å². The molecule has 0 bridgehead atoms. The first-order valence-corrected chi connectivity index (χ1v) is 3.61. The second-order valence-electron chi connectivity index (χ2n) is 2.36. The Morgan fingerprint density at radius 2 is 1.92 bits per heavy atom. The molecule has 12 heavy (non-hydrogen) atoms. The molecule has 0 atom stereocenters. The summed E-state index contributed by atoms with van der Waals surface area (Å²) in [5.41, 5.74) is 0. The molecule has 1 aliphatic rings. The molecular formula is C6H10N2O4. The van der Waals surface area contributed by atoms with Crippen molar-refractivity contribution < 1.29 is 19.5 Å². The molecule has 0 unspecified atom stereocenters. The Labute approximate surface area is 69.1 Å². The van der Waals surface area contributed by atoms with Crippen LogP contribution in [0.15, 0.2) is 0 Å². The van der Waals surface area contributed by atoms with E-state index in [1.165, 1.54) is 5.06 Å². The van der Waals surface area contributed by atoms with Crippen molar-refractivity contribution >= 4 is 11.9 Å². The Morgan fingerprint density at radius 1 is 1.33 bits per heavy atom. The third-order valence-corrected chi connectivity index (χ3v) is 1.46. The maximum absolute atomic E-state index is 10.5. The minimum atomic E-state index is -1.56. The van der Waals surface area contributed by atoms with Gasteiger partial charge in [-0.25, -0.2) is 9.59 Å². The van der Waals surface area contributed by atoms with Gasteiger partial charge in [-0.15, -0.1) is 5.06 Å². The van der Waals surface area contributed by atoms with E-state index in [2.05, 4.69) is 10.2 Å². The average Bonchev–Trinajstić information content (AvgIpc) is 2.06. The zero-order valence-electron chi connectivity index (χ0n) is 6.45. The number of aliphatic carboxylic acids is 1. The van der Waals surface area contributed by atoms with Gasteiger partial charge in [-0.2, -0.15) is 0 Å². The molecular weight excluding hydrogens is 164 g/mol. The molecule has 6 heteroatoms. The molecule has 0 aliphatic carbocycles. The highest BCUT2D eigenvalue weighted by Gasteiger charge is 2.19. The zero-order chi connectivity index (χ0) is 8.97. The maximum Gasteiger partial charge on any atom is 0.436 e. The van der Waals surface area contributed by atoms with Crippen LogP contribution in [0.5, 0.6) is 0 Å². The highest BCUT2D eigenvalue weighted by molar-refractivity contribution is 6.28. The van der Waals surface area contributed by atoms with Crippen LogP contribution in [0.2, 0.25) is 0 Å². The fourth-order valence-corrected chi connectivity index (χ4v) is 0.892. The Morgan fingerprint density at radius 3 is 2.42 bits per heavy atom. The predicted molar refractivity (Wildman–Crippen MR) is 38.2 cm³/mol. The van der Waals surface area contributed by atoms with Crippen LogP contribution in [-0.2, 0) is 14.4 Å². The van der Waals surface area contributed by atoms with E-state index in [-0.39, 0.29) is 0 Å². The summed E-state index contributed by atoms with van der Waals surface area (Å²) in [5.74, 6) is -2.79. The third-order valence-electron chi connectivity index (χ3n) is 1.46. The van der Waals surface area contributed by atoms with Crippen LogP contribution in [-0.4, -0.2) is 48.3 Å². The van der Waals surface area contributed by atoms with E-state index >= 15 is 0 Å². The molecule has 0 aromatic carbocycles. The van der Waals surface area contributed by atoms with Crippen LogP contribution >= 0.6 is 0 Å². The van der Waals surface area contributed by atoms with E-state index in [0.29, 0.717) is 26.2 Å². The number of hydroxylamine groups is 2. The number of carbonyl (C=O) groups is 2. The zero-order valence-corrected chi connectivity index (χ0v) is 6.45. The van der Waals surface area contributed by atoms with Crippen LogP contribution < -0.4 is 5.32 Å². The molecule has 0 radical (unpaired) electrons. The topological polar surface area (TPSA) is 78.9 Å². The fourth-order valence-electron chi connectivity index (χ4n) is 0.892. The van der Waals surface area contributed by atoms with Crippen LogP contribution in [0.3, 0.4) is 0 Å². The van der Waals surface area contributed by atoms with E-state index in [4.69, 9.17) is 5.11 Å². The number of hydrogen-bond acceptors (Lipinski definition) is 5. The molecule has 1 fully saturated rings. The van der Waals surface area contributed by atoms with E-state index in [0.717, 1.165) is 0 Å². The SMILES string of the molecule is O=C(O)C(=O)ON1CCNCC1. The maximum atomic E-state index is 10.5. The molecule has 2 N–H and O–H groups in total. The lowest BCUT2D eigenvalue weighted by atomic mass is 10.4. The summed E-state index contributed by atoms with van der Waals surface area (Å²) in [5, 5.41) is 12.6. The lowest BCUT2D eigenvalue weighted by Crippen LogP contribution is -2.45. The lowest BCUT2D eigenvalue weighted by molar-refractivity contribution is -0.199. The van der Waals surface area contributed by atoms with Crippen molar-refractivity contribution in [3.05, 3.63) is 0 Å². The number of carboxylic acid groups (broad SMARTS) is 1. The summed E-state index contributed by atoms with van der Waals surface area (Å²) in [4.78, 5) is 25.1. The molecule has 0 amide bonds. The van der Waals surface area contributed by atoms with Gasteiger partial charge in [0.2, 0.25) is 0 Å². The van der Waals surface area contributed by atoms with Gasteiger partial charge in [-0.1, -0.05) is 0 Å². The summed E-state index contributed by atoms with van der Waals surface area (Å²) in [6.07, 6.45) is 0. The predicted octanol–water partition coefficient (Wildman–Crippen LogP) is -1.57. The van der Waals surface area contributed by atoms with Gasteiger partial charge in [0.25, 0.3) is 0 Å². The monoisotopic (exact) mass is 174 g/mol. The molecule has 6 nitrogen and oxygen atoms in total. The number of nitrogens with one attached hydrogen (secondary N) is 1. The summed E-state index contributed by atoms with van der Waals surface area (Å²) < 4.78 is 0. The van der Waals surface area contributed by atoms with Gasteiger partial charge in [-0.05, 0) is 0 Å². The van der Waals surface area contributed by atoms with Gasteiger partial charge >= 0.3 is 11.9 Å². The smallest absolute Gasteiger partial charge is 0.436 e. The molecule has 0 aromatic heterocycles. The van der Waals surface area contributed by atoms with Crippen molar-refractivity contribution in [3.63, 3.8) is 0 Å². The molecule has 0 spiro atoms. The number of carbonyl (C=O) groups excluding carboxylic acids is 1. The van der Waals surface area contributed by atoms with Crippen molar-refractivity contribution in [2.24, 2.45) is 0 Å². The molecule has 68 valence electrons. The van der Waals surface area contributed by atoms with E-state index in [9.17, 15) is 9.59 Å². The van der Waals surface area contributed by atoms with Gasteiger partial charge in [0.05, 0.1) is 0 Å². The van der Waals surface area contributed by atoms with Gasteiger partial charge in [0, 0.05) is 26.2 Å². The first-order valence-electron chi connectivity index (χ1n) is 3.61. The highest BCUT2D eigenvalue weighted by Crippen LogP contribution is 1.93. The standard InChI is InChI=1S/C6H10N2O4/c9-5(10)6(11)12-8-3-1-7-2-4-8/h7H,1-4H2,(H,9,10). The summed E-state index contributed by atoms with van der Waals surface area (Å²) >= 11 is 0. The van der Waals surface area contributed by atoms with Crippen LogP contribution in [0.1, 0.15) is 0 Å². The number of hydrogen-bond donors (Lipinski definition) is 2. The Balaban J connectivity index is 2.29. The van der Waals surface area contributed by atoms with Crippen molar-refractivity contribution in [3.8, 4) is 0 Å².